The molecular weight excluding hydrogens is 234 g/mol. The first-order chi connectivity index (χ1) is 7.56. The zero-order valence-corrected chi connectivity index (χ0v) is 8.94. The number of rotatable bonds is 0. The normalized spacial score (nSPS) is 10.4. The Morgan fingerprint density at radius 3 is 2.75 bits per heavy atom. The van der Waals surface area contributed by atoms with Crippen molar-refractivity contribution in [2.45, 2.75) is 6.92 Å². The molecule has 5 heteroatoms. The van der Waals surface area contributed by atoms with Crippen LogP contribution in [0.25, 0.3) is 10.9 Å². The molecule has 0 atom stereocenters. The third kappa shape index (κ3) is 1.41. The van der Waals surface area contributed by atoms with Crippen LogP contribution in [0.5, 0.6) is 0 Å². The highest BCUT2D eigenvalue weighted by Gasteiger charge is 2.16. The van der Waals surface area contributed by atoms with Crippen LogP contribution < -0.4 is 0 Å². The van der Waals surface area contributed by atoms with Gasteiger partial charge < -0.3 is 0 Å². The minimum Gasteiger partial charge on any atom is -0.252 e. The van der Waals surface area contributed by atoms with Gasteiger partial charge in [-0.1, -0.05) is 11.6 Å². The smallest absolute Gasteiger partial charge is 0.149 e. The highest BCUT2D eigenvalue weighted by molar-refractivity contribution is 6.36. The number of aromatic nitrogens is 1. The third-order valence-electron chi connectivity index (χ3n) is 2.27. The van der Waals surface area contributed by atoms with Gasteiger partial charge in [-0.05, 0) is 18.6 Å². The summed E-state index contributed by atoms with van der Waals surface area (Å²) in [6.07, 6.45) is 1.13. The SMILES string of the molecule is Cc1cc(F)c2ncc(C#N)c(Cl)c2c1F. The van der Waals surface area contributed by atoms with E-state index in [1.165, 1.54) is 6.92 Å². The first-order valence-electron chi connectivity index (χ1n) is 4.39. The Labute approximate surface area is 95.1 Å². The molecule has 0 saturated heterocycles. The van der Waals surface area contributed by atoms with Crippen LogP contribution in [-0.4, -0.2) is 4.98 Å². The van der Waals surface area contributed by atoms with Crippen LogP contribution in [-0.2, 0) is 0 Å². The van der Waals surface area contributed by atoms with E-state index in [1.807, 2.05) is 0 Å². The molecule has 1 aromatic heterocycles. The zero-order chi connectivity index (χ0) is 11.9. The topological polar surface area (TPSA) is 36.7 Å². The molecule has 1 aromatic carbocycles. The van der Waals surface area contributed by atoms with Gasteiger partial charge >= 0.3 is 0 Å². The van der Waals surface area contributed by atoms with Crippen molar-refractivity contribution in [1.82, 2.24) is 4.98 Å². The van der Waals surface area contributed by atoms with Gasteiger partial charge in [0.05, 0.1) is 16.0 Å². The lowest BCUT2D eigenvalue weighted by molar-refractivity contribution is 0.608. The van der Waals surface area contributed by atoms with Gasteiger partial charge in [0.2, 0.25) is 0 Å². The van der Waals surface area contributed by atoms with Crippen LogP contribution in [0.2, 0.25) is 5.02 Å². The predicted octanol–water partition coefficient (Wildman–Crippen LogP) is 3.35. The Bertz CT molecular complexity index is 632. The fourth-order valence-electron chi connectivity index (χ4n) is 1.47. The van der Waals surface area contributed by atoms with Gasteiger partial charge in [-0.3, -0.25) is 4.98 Å². The second kappa shape index (κ2) is 3.69. The van der Waals surface area contributed by atoms with Crippen LogP contribution in [0.3, 0.4) is 0 Å². The van der Waals surface area contributed by atoms with E-state index in [9.17, 15) is 8.78 Å². The van der Waals surface area contributed by atoms with E-state index >= 15 is 0 Å². The maximum absolute atomic E-state index is 13.8. The molecule has 0 unspecified atom stereocenters. The number of aryl methyl sites for hydroxylation is 1. The van der Waals surface area contributed by atoms with Gasteiger partial charge in [-0.15, -0.1) is 0 Å². The molecule has 1 heterocycles. The van der Waals surface area contributed by atoms with Gasteiger partial charge in [0.15, 0.2) is 0 Å². The molecule has 0 fully saturated rings. The van der Waals surface area contributed by atoms with E-state index in [2.05, 4.69) is 4.98 Å². The molecule has 0 spiro atoms. The summed E-state index contributed by atoms with van der Waals surface area (Å²) in [5.41, 5.74) is -0.00560. The fraction of sp³-hybridized carbons (Fsp3) is 0.0909. The Hall–Kier alpha value is -1.73. The Morgan fingerprint density at radius 2 is 2.12 bits per heavy atom. The maximum atomic E-state index is 13.8. The summed E-state index contributed by atoms with van der Waals surface area (Å²) in [4.78, 5) is 3.69. The van der Waals surface area contributed by atoms with E-state index in [4.69, 9.17) is 16.9 Å². The standard InChI is InChI=1S/C11H5ClF2N2/c1-5-2-7(13)11-8(10(5)14)9(12)6(3-15)4-16-11/h2,4H,1H3. The van der Waals surface area contributed by atoms with Crippen molar-refractivity contribution >= 4 is 22.5 Å². The van der Waals surface area contributed by atoms with Crippen molar-refractivity contribution in [1.29, 1.82) is 5.26 Å². The average molecular weight is 239 g/mol. The van der Waals surface area contributed by atoms with Crippen LogP contribution in [0, 0.1) is 29.9 Å². The molecule has 0 aliphatic heterocycles. The van der Waals surface area contributed by atoms with Gasteiger partial charge in [-0.25, -0.2) is 8.78 Å². The van der Waals surface area contributed by atoms with E-state index in [0.717, 1.165) is 12.3 Å². The molecule has 0 aliphatic carbocycles. The van der Waals surface area contributed by atoms with Crippen molar-refractivity contribution in [2.24, 2.45) is 0 Å². The lowest BCUT2D eigenvalue weighted by atomic mass is 10.1. The Morgan fingerprint density at radius 1 is 1.44 bits per heavy atom. The number of hydrogen-bond acceptors (Lipinski definition) is 2. The molecular formula is C11H5ClF2N2. The Kier molecular flexibility index (Phi) is 2.49. The number of nitrogens with zero attached hydrogens (tertiary/aromatic N) is 2. The van der Waals surface area contributed by atoms with Crippen LogP contribution in [0.15, 0.2) is 12.3 Å². The number of hydrogen-bond donors (Lipinski definition) is 0. The average Bonchev–Trinajstić information content (AvgIpc) is 2.26. The van der Waals surface area contributed by atoms with Crippen molar-refractivity contribution in [3.8, 4) is 6.07 Å². The monoisotopic (exact) mass is 238 g/mol. The predicted molar refractivity (Wildman–Crippen MR) is 56.1 cm³/mol. The summed E-state index contributed by atoms with van der Waals surface area (Å²) >= 11 is 5.82. The van der Waals surface area contributed by atoms with E-state index in [1.54, 1.807) is 6.07 Å². The lowest BCUT2D eigenvalue weighted by Gasteiger charge is -2.06. The van der Waals surface area contributed by atoms with Crippen LogP contribution in [0.1, 0.15) is 11.1 Å². The summed E-state index contributed by atoms with van der Waals surface area (Å²) in [5, 5.41) is 8.47. The van der Waals surface area contributed by atoms with Gasteiger partial charge in [0.25, 0.3) is 0 Å². The number of nitriles is 1. The third-order valence-corrected chi connectivity index (χ3v) is 2.66. The van der Waals surface area contributed by atoms with Crippen LogP contribution in [0.4, 0.5) is 8.78 Å². The summed E-state index contributed by atoms with van der Waals surface area (Å²) in [7, 11) is 0. The summed E-state index contributed by atoms with van der Waals surface area (Å²) in [6.45, 7) is 1.42. The van der Waals surface area contributed by atoms with Crippen molar-refractivity contribution in [2.75, 3.05) is 0 Å². The molecule has 16 heavy (non-hydrogen) atoms. The molecule has 0 amide bonds. The highest BCUT2D eigenvalue weighted by Crippen LogP contribution is 2.30. The molecule has 2 aromatic rings. The number of benzene rings is 1. The number of fused-ring (bicyclic) bond motifs is 1. The Balaban J connectivity index is 3.04. The molecule has 0 aliphatic rings. The molecule has 2 nitrogen and oxygen atoms in total. The first kappa shape index (κ1) is 10.8. The number of pyridine rings is 1. The molecule has 0 N–H and O–H groups in total. The molecule has 0 radical (unpaired) electrons. The largest absolute Gasteiger partial charge is 0.252 e. The van der Waals surface area contributed by atoms with Crippen molar-refractivity contribution < 1.29 is 8.78 Å². The second-order valence-corrected chi connectivity index (χ2v) is 3.69. The minimum absolute atomic E-state index is 0.0260. The van der Waals surface area contributed by atoms with Gasteiger partial charge in [0, 0.05) is 6.20 Å². The minimum atomic E-state index is -0.653. The highest BCUT2D eigenvalue weighted by atomic mass is 35.5. The van der Waals surface area contributed by atoms with Gasteiger partial charge in [-0.2, -0.15) is 5.26 Å². The maximum Gasteiger partial charge on any atom is 0.149 e. The summed E-state index contributed by atoms with van der Waals surface area (Å²) < 4.78 is 27.2. The van der Waals surface area contributed by atoms with E-state index in [0.29, 0.717) is 0 Å². The summed E-state index contributed by atoms with van der Waals surface area (Å²) in [6, 6.07) is 2.82. The lowest BCUT2D eigenvalue weighted by Crippen LogP contribution is -1.95. The number of halogens is 3. The second-order valence-electron chi connectivity index (χ2n) is 3.31. The molecule has 80 valence electrons. The van der Waals surface area contributed by atoms with Crippen LogP contribution >= 0.6 is 11.6 Å². The fourth-order valence-corrected chi connectivity index (χ4v) is 1.73. The van der Waals surface area contributed by atoms with Gasteiger partial charge in [0.1, 0.15) is 23.2 Å². The van der Waals surface area contributed by atoms with Crippen molar-refractivity contribution in [3.05, 3.63) is 40.0 Å². The zero-order valence-electron chi connectivity index (χ0n) is 8.18. The van der Waals surface area contributed by atoms with Crippen molar-refractivity contribution in [3.63, 3.8) is 0 Å². The molecule has 0 saturated carbocycles. The summed E-state index contributed by atoms with van der Waals surface area (Å²) in [5.74, 6) is -1.30. The molecule has 2 rings (SSSR count). The first-order valence-corrected chi connectivity index (χ1v) is 4.77. The molecule has 0 bridgehead atoms. The van der Waals surface area contributed by atoms with E-state index < -0.39 is 11.6 Å². The quantitative estimate of drug-likeness (QED) is 0.706. The van der Waals surface area contributed by atoms with E-state index in [-0.39, 0.29) is 27.1 Å².